The van der Waals surface area contributed by atoms with Gasteiger partial charge in [0.05, 0.1) is 11.8 Å². The normalized spacial score (nSPS) is 29.8. The Kier molecular flexibility index (Phi) is 4.57. The second-order valence-corrected chi connectivity index (χ2v) is 9.09. The number of amides is 2. The van der Waals surface area contributed by atoms with Gasteiger partial charge in [-0.15, -0.1) is 0 Å². The molecular formula is C21H30N2O3. The van der Waals surface area contributed by atoms with Crippen molar-refractivity contribution in [3.63, 3.8) is 0 Å². The molecule has 1 N–H and O–H groups in total. The summed E-state index contributed by atoms with van der Waals surface area (Å²) in [5.41, 5.74) is 1.81. The molecule has 0 aromatic carbocycles. The maximum Gasteiger partial charge on any atom is 0.255 e. The molecule has 142 valence electrons. The fourth-order valence-electron chi connectivity index (χ4n) is 4.70. The topological polar surface area (TPSA) is 62.6 Å². The van der Waals surface area contributed by atoms with Crippen molar-refractivity contribution in [3.8, 4) is 0 Å². The standard InChI is InChI=1S/C21H30N2O3/c1-14-12-26-13-18(14)20(25)22-17-4-3-16-11-23(8-5-15(16)9-17)19(24)10-21(2)6-7-21/h12-13,15-17H,3-11H2,1-2H3,(H,22,25). The smallest absolute Gasteiger partial charge is 0.255 e. The molecule has 3 fully saturated rings. The Labute approximate surface area is 155 Å². The fraction of sp³-hybridized carbons (Fsp3) is 0.714. The molecule has 0 bridgehead atoms. The van der Waals surface area contributed by atoms with Crippen molar-refractivity contribution in [1.29, 1.82) is 0 Å². The van der Waals surface area contributed by atoms with E-state index in [1.807, 2.05) is 6.92 Å². The molecule has 3 aliphatic rings. The monoisotopic (exact) mass is 358 g/mol. The van der Waals surface area contributed by atoms with Gasteiger partial charge in [-0.3, -0.25) is 9.59 Å². The van der Waals surface area contributed by atoms with E-state index in [1.165, 1.54) is 19.1 Å². The molecule has 2 saturated carbocycles. The number of furan rings is 1. The maximum atomic E-state index is 12.6. The molecule has 2 aliphatic carbocycles. The lowest BCUT2D eigenvalue weighted by atomic mass is 9.73. The van der Waals surface area contributed by atoms with Crippen LogP contribution >= 0.6 is 0 Å². The highest BCUT2D eigenvalue weighted by Crippen LogP contribution is 2.48. The largest absolute Gasteiger partial charge is 0.471 e. The van der Waals surface area contributed by atoms with E-state index in [-0.39, 0.29) is 11.9 Å². The highest BCUT2D eigenvalue weighted by Gasteiger charge is 2.42. The van der Waals surface area contributed by atoms with Crippen LogP contribution in [0.5, 0.6) is 0 Å². The first kappa shape index (κ1) is 17.6. The Morgan fingerprint density at radius 2 is 2.04 bits per heavy atom. The van der Waals surface area contributed by atoms with Crippen LogP contribution in [-0.2, 0) is 4.79 Å². The number of rotatable bonds is 4. The summed E-state index contributed by atoms with van der Waals surface area (Å²) in [6, 6.07) is 0.241. The van der Waals surface area contributed by atoms with Gasteiger partial charge >= 0.3 is 0 Å². The lowest BCUT2D eigenvalue weighted by Gasteiger charge is -2.44. The van der Waals surface area contributed by atoms with Crippen LogP contribution in [0.4, 0.5) is 0 Å². The van der Waals surface area contributed by atoms with Crippen LogP contribution in [-0.4, -0.2) is 35.8 Å². The lowest BCUT2D eigenvalue weighted by Crippen LogP contribution is -2.49. The molecule has 0 spiro atoms. The van der Waals surface area contributed by atoms with Crippen molar-refractivity contribution in [2.45, 2.75) is 64.8 Å². The van der Waals surface area contributed by atoms with Gasteiger partial charge in [0.2, 0.25) is 5.91 Å². The summed E-state index contributed by atoms with van der Waals surface area (Å²) >= 11 is 0. The van der Waals surface area contributed by atoms with E-state index < -0.39 is 0 Å². The Balaban J connectivity index is 1.29. The molecule has 5 heteroatoms. The molecule has 26 heavy (non-hydrogen) atoms. The molecule has 3 unspecified atom stereocenters. The summed E-state index contributed by atoms with van der Waals surface area (Å²) in [6.07, 6.45) is 10.5. The van der Waals surface area contributed by atoms with Gasteiger partial charge in [0, 0.05) is 25.6 Å². The first-order valence-electron chi connectivity index (χ1n) is 10.0. The SMILES string of the molecule is Cc1cocc1C(=O)NC1CCC2CN(C(=O)CC3(C)CC3)CCC2C1. The summed E-state index contributed by atoms with van der Waals surface area (Å²) in [4.78, 5) is 27.1. The van der Waals surface area contributed by atoms with Crippen molar-refractivity contribution in [3.05, 3.63) is 23.7 Å². The zero-order valence-corrected chi connectivity index (χ0v) is 15.9. The van der Waals surface area contributed by atoms with Crippen molar-refractivity contribution in [1.82, 2.24) is 10.2 Å². The minimum atomic E-state index is -0.0232. The number of nitrogens with one attached hydrogen (secondary N) is 1. The lowest BCUT2D eigenvalue weighted by molar-refractivity contribution is -0.135. The average molecular weight is 358 g/mol. The van der Waals surface area contributed by atoms with E-state index in [0.29, 0.717) is 28.7 Å². The third-order valence-corrected chi connectivity index (χ3v) is 6.83. The molecule has 3 atom stereocenters. The molecule has 1 aromatic rings. The van der Waals surface area contributed by atoms with E-state index in [0.717, 1.165) is 50.8 Å². The van der Waals surface area contributed by atoms with Crippen LogP contribution < -0.4 is 5.32 Å². The number of carbonyl (C=O) groups is 2. The van der Waals surface area contributed by atoms with Crippen molar-refractivity contribution in [2.75, 3.05) is 13.1 Å². The Morgan fingerprint density at radius 1 is 1.23 bits per heavy atom. The third kappa shape index (κ3) is 3.67. The van der Waals surface area contributed by atoms with Gasteiger partial charge in [-0.05, 0) is 68.3 Å². The van der Waals surface area contributed by atoms with Gasteiger partial charge in [-0.2, -0.15) is 0 Å². The number of likely N-dealkylation sites (tertiary alicyclic amines) is 1. The first-order chi connectivity index (χ1) is 12.4. The number of fused-ring (bicyclic) bond motifs is 1. The zero-order chi connectivity index (χ0) is 18.3. The highest BCUT2D eigenvalue weighted by molar-refractivity contribution is 5.95. The van der Waals surface area contributed by atoms with E-state index in [4.69, 9.17) is 4.42 Å². The van der Waals surface area contributed by atoms with Gasteiger partial charge in [0.25, 0.3) is 5.91 Å². The predicted molar refractivity (Wildman–Crippen MR) is 98.7 cm³/mol. The van der Waals surface area contributed by atoms with Crippen molar-refractivity contribution >= 4 is 11.8 Å². The summed E-state index contributed by atoms with van der Waals surface area (Å²) in [7, 11) is 0. The van der Waals surface area contributed by atoms with E-state index in [2.05, 4.69) is 17.1 Å². The number of aryl methyl sites for hydroxylation is 1. The van der Waals surface area contributed by atoms with Crippen LogP contribution in [0.3, 0.4) is 0 Å². The third-order valence-electron chi connectivity index (χ3n) is 6.83. The van der Waals surface area contributed by atoms with Gasteiger partial charge < -0.3 is 14.6 Å². The van der Waals surface area contributed by atoms with Gasteiger partial charge in [-0.25, -0.2) is 0 Å². The van der Waals surface area contributed by atoms with Gasteiger partial charge in [0.1, 0.15) is 6.26 Å². The van der Waals surface area contributed by atoms with Crippen molar-refractivity contribution < 1.29 is 14.0 Å². The second kappa shape index (κ2) is 6.75. The highest BCUT2D eigenvalue weighted by atomic mass is 16.3. The van der Waals surface area contributed by atoms with Crippen LogP contribution in [0.2, 0.25) is 0 Å². The predicted octanol–water partition coefficient (Wildman–Crippen LogP) is 3.53. The Morgan fingerprint density at radius 3 is 2.73 bits per heavy atom. The first-order valence-corrected chi connectivity index (χ1v) is 10.0. The number of hydrogen-bond acceptors (Lipinski definition) is 3. The molecule has 4 rings (SSSR count). The number of piperidine rings is 1. The molecule has 2 heterocycles. The summed E-state index contributed by atoms with van der Waals surface area (Å²) in [5, 5.41) is 3.19. The summed E-state index contributed by atoms with van der Waals surface area (Å²) in [5.74, 6) is 1.56. The van der Waals surface area contributed by atoms with Crippen LogP contribution in [0.1, 0.15) is 67.8 Å². The van der Waals surface area contributed by atoms with Crippen LogP contribution in [0, 0.1) is 24.2 Å². The number of carbonyl (C=O) groups excluding carboxylic acids is 2. The van der Waals surface area contributed by atoms with Crippen molar-refractivity contribution in [2.24, 2.45) is 17.3 Å². The summed E-state index contributed by atoms with van der Waals surface area (Å²) < 4.78 is 5.12. The average Bonchev–Trinajstić information content (AvgIpc) is 3.17. The van der Waals surface area contributed by atoms with E-state index in [1.54, 1.807) is 6.26 Å². The van der Waals surface area contributed by atoms with E-state index >= 15 is 0 Å². The minimum absolute atomic E-state index is 0.0232. The molecule has 1 saturated heterocycles. The van der Waals surface area contributed by atoms with Gasteiger partial charge in [-0.1, -0.05) is 6.92 Å². The quantitative estimate of drug-likeness (QED) is 0.896. The fourth-order valence-corrected chi connectivity index (χ4v) is 4.70. The number of nitrogens with zero attached hydrogens (tertiary/aromatic N) is 1. The van der Waals surface area contributed by atoms with E-state index in [9.17, 15) is 9.59 Å². The minimum Gasteiger partial charge on any atom is -0.471 e. The Hall–Kier alpha value is -1.78. The summed E-state index contributed by atoms with van der Waals surface area (Å²) in [6.45, 7) is 5.93. The van der Waals surface area contributed by atoms with Gasteiger partial charge in [0.15, 0.2) is 0 Å². The van der Waals surface area contributed by atoms with Crippen LogP contribution in [0.25, 0.3) is 0 Å². The molecule has 2 amide bonds. The maximum absolute atomic E-state index is 12.6. The zero-order valence-electron chi connectivity index (χ0n) is 15.9. The molecule has 5 nitrogen and oxygen atoms in total. The molecular weight excluding hydrogens is 328 g/mol. The Bertz CT molecular complexity index is 691. The van der Waals surface area contributed by atoms with Crippen LogP contribution in [0.15, 0.2) is 16.9 Å². The molecule has 0 radical (unpaired) electrons. The molecule has 1 aliphatic heterocycles. The second-order valence-electron chi connectivity index (χ2n) is 9.09. The number of hydrogen-bond donors (Lipinski definition) is 1. The molecule has 1 aromatic heterocycles.